The highest BCUT2D eigenvalue weighted by molar-refractivity contribution is 7.19. The highest BCUT2D eigenvalue weighted by atomic mass is 32.1. The number of hydrogen-bond donors (Lipinski definition) is 1. The minimum atomic E-state index is -0.420. The number of carbonyl (C=O) groups is 1. The topological polar surface area (TPSA) is 104 Å². The van der Waals surface area contributed by atoms with Crippen LogP contribution in [0.5, 0.6) is 11.5 Å². The maximum Gasteiger partial charge on any atom is 0.270 e. The fraction of sp³-hybridized carbons (Fsp3) is 0.120. The zero-order valence-corrected chi connectivity index (χ0v) is 19.3. The molecule has 4 aromatic rings. The molecule has 3 aromatic carbocycles. The van der Waals surface area contributed by atoms with Gasteiger partial charge in [-0.05, 0) is 48.9 Å². The van der Waals surface area contributed by atoms with Crippen molar-refractivity contribution in [1.82, 2.24) is 4.98 Å². The van der Waals surface area contributed by atoms with E-state index in [9.17, 15) is 14.9 Å². The number of nitro benzene ring substituents is 1. The predicted octanol–water partition coefficient (Wildman–Crippen LogP) is 5.71. The summed E-state index contributed by atoms with van der Waals surface area (Å²) in [6, 6.07) is 17.5. The van der Waals surface area contributed by atoms with Crippen molar-refractivity contribution < 1.29 is 19.2 Å². The van der Waals surface area contributed by atoms with Crippen LogP contribution >= 0.6 is 11.3 Å². The van der Waals surface area contributed by atoms with Crippen LogP contribution in [-0.4, -0.2) is 29.5 Å². The summed E-state index contributed by atoms with van der Waals surface area (Å²) in [5, 5.41) is 14.5. The molecule has 4 rings (SSSR count). The van der Waals surface area contributed by atoms with E-state index in [-0.39, 0.29) is 18.2 Å². The van der Waals surface area contributed by atoms with Gasteiger partial charge in [0.25, 0.3) is 11.6 Å². The Balaban J connectivity index is 1.41. The van der Waals surface area contributed by atoms with E-state index in [1.807, 2.05) is 49.4 Å². The van der Waals surface area contributed by atoms with Gasteiger partial charge in [-0.25, -0.2) is 4.98 Å². The summed E-state index contributed by atoms with van der Waals surface area (Å²) in [4.78, 5) is 27.2. The number of ether oxygens (including phenoxy) is 2. The van der Waals surface area contributed by atoms with Gasteiger partial charge in [-0.3, -0.25) is 14.9 Å². The van der Waals surface area contributed by atoms with Crippen molar-refractivity contribution in [2.75, 3.05) is 19.0 Å². The molecule has 0 atom stereocenters. The minimum absolute atomic E-state index is 0.0413. The quantitative estimate of drug-likeness (QED) is 0.259. The maximum absolute atomic E-state index is 12.2. The summed E-state index contributed by atoms with van der Waals surface area (Å²) in [5.74, 6) is 0.669. The van der Waals surface area contributed by atoms with Crippen LogP contribution in [0.3, 0.4) is 0 Å². The molecule has 9 heteroatoms. The van der Waals surface area contributed by atoms with E-state index >= 15 is 0 Å². The molecule has 0 aliphatic rings. The number of non-ortho nitro benzene ring substituents is 1. The van der Waals surface area contributed by atoms with Crippen molar-refractivity contribution in [3.63, 3.8) is 0 Å². The number of nitro groups is 1. The molecular formula is C25H21N3O5S. The van der Waals surface area contributed by atoms with Crippen molar-refractivity contribution in [3.8, 4) is 11.5 Å². The summed E-state index contributed by atoms with van der Waals surface area (Å²) in [5.41, 5.74) is 3.41. The van der Waals surface area contributed by atoms with E-state index in [4.69, 9.17) is 9.47 Å². The zero-order chi connectivity index (χ0) is 24.1. The Hall–Kier alpha value is -4.24. The van der Waals surface area contributed by atoms with Crippen molar-refractivity contribution >= 4 is 51.0 Å². The van der Waals surface area contributed by atoms with E-state index in [0.717, 1.165) is 20.8 Å². The lowest BCUT2D eigenvalue weighted by Crippen LogP contribution is -2.20. The second-order valence-corrected chi connectivity index (χ2v) is 8.47. The minimum Gasteiger partial charge on any atom is -0.493 e. The Morgan fingerprint density at radius 1 is 1.09 bits per heavy atom. The normalized spacial score (nSPS) is 11.0. The SMILES string of the molecule is COc1cc(C=Cc2nc3ccc([N+](=O)[O-])cc3s2)ccc1OCC(=O)Nc1ccc(C)cc1. The number of nitrogens with zero attached hydrogens (tertiary/aromatic N) is 2. The molecule has 1 amide bonds. The first kappa shape index (κ1) is 22.9. The van der Waals surface area contributed by atoms with Crippen LogP contribution in [0.1, 0.15) is 16.1 Å². The lowest BCUT2D eigenvalue weighted by atomic mass is 10.2. The molecular weight excluding hydrogens is 454 g/mol. The fourth-order valence-electron chi connectivity index (χ4n) is 3.17. The Kier molecular flexibility index (Phi) is 6.84. The van der Waals surface area contributed by atoms with Crippen molar-refractivity contribution in [2.24, 2.45) is 0 Å². The average molecular weight is 476 g/mol. The van der Waals surface area contributed by atoms with Gasteiger partial charge in [0.1, 0.15) is 5.01 Å². The smallest absolute Gasteiger partial charge is 0.270 e. The molecule has 0 spiro atoms. The molecule has 0 saturated carbocycles. The summed E-state index contributed by atoms with van der Waals surface area (Å²) in [6.07, 6.45) is 3.70. The largest absolute Gasteiger partial charge is 0.493 e. The zero-order valence-electron chi connectivity index (χ0n) is 18.5. The summed E-state index contributed by atoms with van der Waals surface area (Å²) < 4.78 is 11.8. The number of amides is 1. The third-order valence-electron chi connectivity index (χ3n) is 4.90. The first-order chi connectivity index (χ1) is 16.4. The van der Waals surface area contributed by atoms with Gasteiger partial charge in [-0.15, -0.1) is 11.3 Å². The van der Waals surface area contributed by atoms with Crippen LogP contribution in [0.4, 0.5) is 11.4 Å². The highest BCUT2D eigenvalue weighted by Gasteiger charge is 2.11. The molecule has 8 nitrogen and oxygen atoms in total. The Labute approximate surface area is 199 Å². The van der Waals surface area contributed by atoms with Crippen LogP contribution < -0.4 is 14.8 Å². The van der Waals surface area contributed by atoms with Gasteiger partial charge in [0.05, 0.1) is 22.2 Å². The van der Waals surface area contributed by atoms with E-state index in [1.165, 1.54) is 30.6 Å². The number of thiazole rings is 1. The van der Waals surface area contributed by atoms with E-state index in [0.29, 0.717) is 22.7 Å². The standard InChI is InChI=1S/C25H21N3O5S/c1-16-3-7-18(8-4-16)26-24(29)15-33-21-11-5-17(13-22(21)32-2)6-12-25-27-20-10-9-19(28(30)31)14-23(20)34-25/h3-14H,15H2,1-2H3,(H,26,29). The Morgan fingerprint density at radius 3 is 2.62 bits per heavy atom. The second-order valence-electron chi connectivity index (χ2n) is 7.41. The molecule has 34 heavy (non-hydrogen) atoms. The van der Waals surface area contributed by atoms with Gasteiger partial charge < -0.3 is 14.8 Å². The first-order valence-corrected chi connectivity index (χ1v) is 11.1. The van der Waals surface area contributed by atoms with Gasteiger partial charge >= 0.3 is 0 Å². The molecule has 1 N–H and O–H groups in total. The molecule has 0 unspecified atom stereocenters. The first-order valence-electron chi connectivity index (χ1n) is 10.3. The molecule has 0 radical (unpaired) electrons. The van der Waals surface area contributed by atoms with Gasteiger partial charge in [-0.1, -0.05) is 29.8 Å². The average Bonchev–Trinajstić information content (AvgIpc) is 3.25. The fourth-order valence-corrected chi connectivity index (χ4v) is 4.07. The lowest BCUT2D eigenvalue weighted by Gasteiger charge is -2.11. The number of methoxy groups -OCH3 is 1. The molecule has 0 saturated heterocycles. The van der Waals surface area contributed by atoms with Gasteiger partial charge in [0.15, 0.2) is 18.1 Å². The Morgan fingerprint density at radius 2 is 1.88 bits per heavy atom. The van der Waals surface area contributed by atoms with Crippen LogP contribution in [0.15, 0.2) is 60.7 Å². The Bertz CT molecular complexity index is 1380. The van der Waals surface area contributed by atoms with Gasteiger partial charge in [-0.2, -0.15) is 0 Å². The third-order valence-corrected chi connectivity index (χ3v) is 5.88. The number of carbonyl (C=O) groups excluding carboxylic acids is 1. The van der Waals surface area contributed by atoms with Crippen molar-refractivity contribution in [3.05, 3.63) is 86.9 Å². The van der Waals surface area contributed by atoms with E-state index in [1.54, 1.807) is 18.2 Å². The number of aryl methyl sites for hydroxylation is 1. The number of rotatable bonds is 8. The number of anilines is 1. The predicted molar refractivity (Wildman–Crippen MR) is 134 cm³/mol. The van der Waals surface area contributed by atoms with Gasteiger partial charge in [0.2, 0.25) is 0 Å². The summed E-state index contributed by atoms with van der Waals surface area (Å²) in [7, 11) is 1.53. The molecule has 0 aliphatic carbocycles. The number of benzene rings is 3. The number of nitrogens with one attached hydrogen (secondary N) is 1. The summed E-state index contributed by atoms with van der Waals surface area (Å²) in [6.45, 7) is 1.82. The van der Waals surface area contributed by atoms with Crippen LogP contribution in [0.2, 0.25) is 0 Å². The van der Waals surface area contributed by atoms with Crippen molar-refractivity contribution in [2.45, 2.75) is 6.92 Å². The number of fused-ring (bicyclic) bond motifs is 1. The van der Waals surface area contributed by atoms with E-state index < -0.39 is 4.92 Å². The lowest BCUT2D eigenvalue weighted by molar-refractivity contribution is -0.384. The molecule has 0 aliphatic heterocycles. The highest BCUT2D eigenvalue weighted by Crippen LogP contribution is 2.30. The van der Waals surface area contributed by atoms with Crippen LogP contribution in [-0.2, 0) is 4.79 Å². The van der Waals surface area contributed by atoms with Crippen LogP contribution in [0, 0.1) is 17.0 Å². The van der Waals surface area contributed by atoms with Crippen LogP contribution in [0.25, 0.3) is 22.4 Å². The third kappa shape index (κ3) is 5.57. The monoisotopic (exact) mass is 475 g/mol. The molecule has 1 heterocycles. The molecule has 0 fully saturated rings. The maximum atomic E-state index is 12.2. The second kappa shape index (κ2) is 10.1. The van der Waals surface area contributed by atoms with E-state index in [2.05, 4.69) is 10.3 Å². The van der Waals surface area contributed by atoms with Crippen molar-refractivity contribution in [1.29, 1.82) is 0 Å². The molecule has 1 aromatic heterocycles. The summed E-state index contributed by atoms with van der Waals surface area (Å²) >= 11 is 1.37. The number of hydrogen-bond acceptors (Lipinski definition) is 7. The molecule has 0 bridgehead atoms. The molecule has 172 valence electrons. The van der Waals surface area contributed by atoms with Gasteiger partial charge in [0, 0.05) is 17.8 Å². The number of aromatic nitrogens is 1.